The number of para-hydroxylation sites is 1. The van der Waals surface area contributed by atoms with Crippen molar-refractivity contribution in [2.24, 2.45) is 0 Å². The van der Waals surface area contributed by atoms with Gasteiger partial charge in [-0.3, -0.25) is 0 Å². The molecule has 2 nitrogen and oxygen atoms in total. The van der Waals surface area contributed by atoms with Crippen molar-refractivity contribution >= 4 is 19.0 Å². The fraction of sp³-hybridized carbons (Fsp3) is 0.412. The van der Waals surface area contributed by atoms with E-state index in [1.54, 1.807) is 5.20 Å². The topological polar surface area (TPSA) is 27.8 Å². The fourth-order valence-electron chi connectivity index (χ4n) is 2.58. The Morgan fingerprint density at radius 2 is 2.00 bits per heavy atom. The van der Waals surface area contributed by atoms with E-state index in [9.17, 15) is 0 Å². The van der Waals surface area contributed by atoms with E-state index >= 15 is 0 Å². The second-order valence-corrected chi connectivity index (χ2v) is 11.5. The Morgan fingerprint density at radius 3 is 2.70 bits per heavy atom. The van der Waals surface area contributed by atoms with Crippen LogP contribution in [0.1, 0.15) is 12.5 Å². The van der Waals surface area contributed by atoms with Gasteiger partial charge in [-0.25, -0.2) is 0 Å². The molecule has 0 saturated carbocycles. The number of fused-ring (bicyclic) bond motifs is 1. The minimum atomic E-state index is -1.15. The molecule has 108 valence electrons. The number of rotatable bonds is 6. The third kappa shape index (κ3) is 3.61. The number of hydrogen-bond donors (Lipinski definition) is 2. The zero-order valence-corrected chi connectivity index (χ0v) is 14.1. The SMILES string of the molecule is C/C=C(/CNCCc1c[nH]c2ccccc12)[Si](C)(C)C. The minimum Gasteiger partial charge on any atom is -0.361 e. The number of hydrogen-bond acceptors (Lipinski definition) is 1. The molecular formula is C17H26N2Si. The van der Waals surface area contributed by atoms with Crippen molar-refractivity contribution in [3.63, 3.8) is 0 Å². The summed E-state index contributed by atoms with van der Waals surface area (Å²) in [5.41, 5.74) is 2.64. The first-order chi connectivity index (χ1) is 9.52. The van der Waals surface area contributed by atoms with Gasteiger partial charge in [0.05, 0.1) is 8.07 Å². The zero-order chi connectivity index (χ0) is 14.6. The number of H-pyrrole nitrogens is 1. The maximum absolute atomic E-state index is 3.60. The molecule has 0 aliphatic rings. The predicted octanol–water partition coefficient (Wildman–Crippen LogP) is 4.12. The number of nitrogens with one attached hydrogen (secondary N) is 2. The summed E-state index contributed by atoms with van der Waals surface area (Å²) in [7, 11) is -1.15. The molecule has 1 aromatic carbocycles. The van der Waals surface area contributed by atoms with Crippen LogP contribution in [0.2, 0.25) is 19.6 Å². The van der Waals surface area contributed by atoms with Crippen molar-refractivity contribution in [3.05, 3.63) is 47.3 Å². The van der Waals surface area contributed by atoms with E-state index in [1.165, 1.54) is 16.5 Å². The molecule has 1 heterocycles. The van der Waals surface area contributed by atoms with Crippen LogP contribution in [0.5, 0.6) is 0 Å². The van der Waals surface area contributed by atoms with Gasteiger partial charge >= 0.3 is 0 Å². The lowest BCUT2D eigenvalue weighted by Crippen LogP contribution is -2.32. The van der Waals surface area contributed by atoms with Crippen LogP contribution in [-0.4, -0.2) is 26.1 Å². The maximum Gasteiger partial charge on any atom is 0.0736 e. The highest BCUT2D eigenvalue weighted by Crippen LogP contribution is 2.18. The second-order valence-electron chi connectivity index (χ2n) is 6.35. The van der Waals surface area contributed by atoms with Gasteiger partial charge in [0.2, 0.25) is 0 Å². The second kappa shape index (κ2) is 6.42. The fourth-order valence-corrected chi connectivity index (χ4v) is 4.11. The first-order valence-corrected chi connectivity index (χ1v) is 10.9. The van der Waals surface area contributed by atoms with Gasteiger partial charge in [-0.2, -0.15) is 0 Å². The maximum atomic E-state index is 3.60. The van der Waals surface area contributed by atoms with E-state index in [4.69, 9.17) is 0 Å². The molecule has 0 radical (unpaired) electrons. The Balaban J connectivity index is 1.88. The van der Waals surface area contributed by atoms with Gasteiger partial charge in [-0.05, 0) is 31.5 Å². The van der Waals surface area contributed by atoms with Gasteiger partial charge in [0.25, 0.3) is 0 Å². The van der Waals surface area contributed by atoms with E-state index in [0.29, 0.717) is 0 Å². The first kappa shape index (κ1) is 15.1. The quantitative estimate of drug-likeness (QED) is 0.606. The van der Waals surface area contributed by atoms with Crippen molar-refractivity contribution < 1.29 is 0 Å². The molecule has 0 aliphatic heterocycles. The summed E-state index contributed by atoms with van der Waals surface area (Å²) < 4.78 is 0. The lowest BCUT2D eigenvalue weighted by Gasteiger charge is -2.21. The monoisotopic (exact) mass is 286 g/mol. The van der Waals surface area contributed by atoms with Crippen LogP contribution in [0.4, 0.5) is 0 Å². The predicted molar refractivity (Wildman–Crippen MR) is 92.0 cm³/mol. The third-order valence-electron chi connectivity index (χ3n) is 3.87. The molecule has 0 spiro atoms. The van der Waals surface area contributed by atoms with Crippen LogP contribution in [0.15, 0.2) is 41.7 Å². The normalized spacial score (nSPS) is 13.1. The molecule has 20 heavy (non-hydrogen) atoms. The highest BCUT2D eigenvalue weighted by molar-refractivity contribution is 6.83. The van der Waals surface area contributed by atoms with E-state index in [1.807, 2.05) is 0 Å². The lowest BCUT2D eigenvalue weighted by molar-refractivity contribution is 0.739. The van der Waals surface area contributed by atoms with E-state index in [0.717, 1.165) is 19.5 Å². The van der Waals surface area contributed by atoms with Crippen LogP contribution in [0.25, 0.3) is 10.9 Å². The van der Waals surface area contributed by atoms with Gasteiger partial charge in [0.15, 0.2) is 0 Å². The number of aromatic amines is 1. The molecular weight excluding hydrogens is 260 g/mol. The molecule has 0 bridgehead atoms. The van der Waals surface area contributed by atoms with Crippen molar-refractivity contribution in [1.82, 2.24) is 10.3 Å². The summed E-state index contributed by atoms with van der Waals surface area (Å²) in [6.45, 7) is 11.4. The molecule has 2 N–H and O–H groups in total. The van der Waals surface area contributed by atoms with Crippen LogP contribution >= 0.6 is 0 Å². The molecule has 0 amide bonds. The Bertz CT molecular complexity index is 590. The van der Waals surface area contributed by atoms with E-state index in [-0.39, 0.29) is 0 Å². The van der Waals surface area contributed by atoms with Gasteiger partial charge in [0.1, 0.15) is 0 Å². The molecule has 0 atom stereocenters. The molecule has 0 unspecified atom stereocenters. The van der Waals surface area contributed by atoms with Crippen LogP contribution in [-0.2, 0) is 6.42 Å². The smallest absolute Gasteiger partial charge is 0.0736 e. The number of benzene rings is 1. The molecule has 0 saturated heterocycles. The number of aromatic nitrogens is 1. The standard InChI is InChI=1S/C17H26N2Si/c1-5-15(20(2,3)4)13-18-11-10-14-12-19-17-9-7-6-8-16(14)17/h5-9,12,18-19H,10-11,13H2,1-4H3/b15-5-. The molecule has 0 fully saturated rings. The summed E-state index contributed by atoms with van der Waals surface area (Å²) in [5, 5.41) is 6.56. The van der Waals surface area contributed by atoms with Crippen LogP contribution in [0, 0.1) is 0 Å². The van der Waals surface area contributed by atoms with Crippen LogP contribution in [0.3, 0.4) is 0 Å². The lowest BCUT2D eigenvalue weighted by atomic mass is 10.1. The van der Waals surface area contributed by atoms with Crippen molar-refractivity contribution in [1.29, 1.82) is 0 Å². The van der Waals surface area contributed by atoms with Gasteiger partial charge < -0.3 is 10.3 Å². The average molecular weight is 286 g/mol. The molecule has 0 aliphatic carbocycles. The molecule has 2 aromatic rings. The van der Waals surface area contributed by atoms with Gasteiger partial charge in [0, 0.05) is 23.6 Å². The summed E-state index contributed by atoms with van der Waals surface area (Å²) in [4.78, 5) is 3.34. The number of allylic oxidation sites excluding steroid dienone is 1. The van der Waals surface area contributed by atoms with Crippen molar-refractivity contribution in [2.45, 2.75) is 33.0 Å². The molecule has 3 heteroatoms. The summed E-state index contributed by atoms with van der Waals surface area (Å²) >= 11 is 0. The van der Waals surface area contributed by atoms with Crippen molar-refractivity contribution in [2.75, 3.05) is 13.1 Å². The van der Waals surface area contributed by atoms with E-state index < -0.39 is 8.07 Å². The molecule has 2 rings (SSSR count). The van der Waals surface area contributed by atoms with Gasteiger partial charge in [-0.1, -0.05) is 49.1 Å². The Kier molecular flexibility index (Phi) is 4.84. The molecule has 1 aromatic heterocycles. The summed E-state index contributed by atoms with van der Waals surface area (Å²) in [6.07, 6.45) is 5.51. The van der Waals surface area contributed by atoms with Crippen molar-refractivity contribution in [3.8, 4) is 0 Å². The van der Waals surface area contributed by atoms with Crippen LogP contribution < -0.4 is 5.32 Å². The Hall–Kier alpha value is -1.32. The zero-order valence-electron chi connectivity index (χ0n) is 13.1. The minimum absolute atomic E-state index is 1.03. The summed E-state index contributed by atoms with van der Waals surface area (Å²) in [5.74, 6) is 0. The largest absolute Gasteiger partial charge is 0.361 e. The Morgan fingerprint density at radius 1 is 1.25 bits per heavy atom. The van der Waals surface area contributed by atoms with Gasteiger partial charge in [-0.15, -0.1) is 0 Å². The average Bonchev–Trinajstić information content (AvgIpc) is 2.81. The van der Waals surface area contributed by atoms with E-state index in [2.05, 4.69) is 73.4 Å². The first-order valence-electron chi connectivity index (χ1n) is 7.43. The Labute approximate surface area is 123 Å². The third-order valence-corrected chi connectivity index (χ3v) is 6.27. The highest BCUT2D eigenvalue weighted by Gasteiger charge is 2.17. The summed E-state index contributed by atoms with van der Waals surface area (Å²) in [6, 6.07) is 8.51. The highest BCUT2D eigenvalue weighted by atomic mass is 28.3.